The van der Waals surface area contributed by atoms with Gasteiger partial charge in [0.2, 0.25) is 0 Å². The maximum atomic E-state index is 10.9. The van der Waals surface area contributed by atoms with Gasteiger partial charge in [0.25, 0.3) is 6.20 Å². The van der Waals surface area contributed by atoms with Crippen LogP contribution in [0.5, 0.6) is 5.88 Å². The Morgan fingerprint density at radius 2 is 2.36 bits per heavy atom. The van der Waals surface area contributed by atoms with Gasteiger partial charge in [-0.05, 0) is 19.9 Å². The first kappa shape index (κ1) is 7.85. The summed E-state index contributed by atoms with van der Waals surface area (Å²) in [5.41, 5.74) is 0. The third kappa shape index (κ3) is 2.11. The summed E-state index contributed by atoms with van der Waals surface area (Å²) in [6.45, 7) is 3.74. The van der Waals surface area contributed by atoms with Crippen molar-refractivity contribution in [1.82, 2.24) is 0 Å². The Hall–Kier alpha value is -1.25. The van der Waals surface area contributed by atoms with Crippen LogP contribution in [0.25, 0.3) is 0 Å². The highest BCUT2D eigenvalue weighted by Gasteiger charge is 2.05. The van der Waals surface area contributed by atoms with Gasteiger partial charge in [-0.15, -0.1) is 4.73 Å². The quantitative estimate of drug-likeness (QED) is 0.466. The monoisotopic (exact) mass is 152 g/mol. The van der Waals surface area contributed by atoms with Crippen molar-refractivity contribution in [3.63, 3.8) is 0 Å². The van der Waals surface area contributed by atoms with Crippen LogP contribution in [0.4, 0.5) is 0 Å². The lowest BCUT2D eigenvalue weighted by molar-refractivity contribution is -0.617. The maximum absolute atomic E-state index is 10.9. The van der Waals surface area contributed by atoms with E-state index in [-0.39, 0.29) is 6.10 Å². The average Bonchev–Trinajstić information content (AvgIpc) is 1.93. The first-order chi connectivity index (χ1) is 5.20. The van der Waals surface area contributed by atoms with Crippen LogP contribution in [0.15, 0.2) is 18.2 Å². The van der Waals surface area contributed by atoms with Crippen LogP contribution in [0.1, 0.15) is 13.8 Å². The number of aromatic nitrogens is 1. The van der Waals surface area contributed by atoms with Crippen molar-refractivity contribution in [2.75, 3.05) is 0 Å². The lowest BCUT2D eigenvalue weighted by atomic mass is 10.4. The molecule has 0 aliphatic carbocycles. The van der Waals surface area contributed by atoms with Gasteiger partial charge in [0.15, 0.2) is 0 Å². The predicted molar refractivity (Wildman–Crippen MR) is 40.0 cm³/mol. The minimum atomic E-state index is 0.0194. The van der Waals surface area contributed by atoms with E-state index < -0.39 is 0 Å². The Bertz CT molecular complexity index is 235. The van der Waals surface area contributed by atoms with Crippen LogP contribution < -0.4 is 9.47 Å². The van der Waals surface area contributed by atoms with Gasteiger partial charge in [-0.3, -0.25) is 0 Å². The van der Waals surface area contributed by atoms with Crippen molar-refractivity contribution in [3.05, 3.63) is 29.6 Å². The molecular weight excluding hydrogens is 142 g/mol. The van der Waals surface area contributed by atoms with E-state index in [1.54, 1.807) is 18.2 Å². The average molecular weight is 152 g/mol. The summed E-state index contributed by atoms with van der Waals surface area (Å²) >= 11 is 0. The van der Waals surface area contributed by atoms with Gasteiger partial charge in [-0.2, -0.15) is 0 Å². The normalized spacial score (nSPS) is 10.1. The lowest BCUT2D eigenvalue weighted by Gasteiger charge is -2.07. The van der Waals surface area contributed by atoms with Crippen molar-refractivity contribution < 1.29 is 9.47 Å². The highest BCUT2D eigenvalue weighted by atomic mass is 16.6. The summed E-state index contributed by atoms with van der Waals surface area (Å²) in [5.74, 6) is 0.294. The topological polar surface area (TPSA) is 36.2 Å². The van der Waals surface area contributed by atoms with Gasteiger partial charge in [-0.25, -0.2) is 0 Å². The van der Waals surface area contributed by atoms with Gasteiger partial charge in [0.1, 0.15) is 0 Å². The number of pyridine rings is 1. The van der Waals surface area contributed by atoms with E-state index in [2.05, 4.69) is 6.20 Å². The molecule has 0 atom stereocenters. The van der Waals surface area contributed by atoms with E-state index in [4.69, 9.17) is 4.74 Å². The second kappa shape index (κ2) is 3.23. The minimum absolute atomic E-state index is 0.0194. The summed E-state index contributed by atoms with van der Waals surface area (Å²) in [5, 5.41) is 10.9. The maximum Gasteiger partial charge on any atom is 0.380 e. The minimum Gasteiger partial charge on any atom is -0.615 e. The lowest BCUT2D eigenvalue weighted by Crippen LogP contribution is -2.30. The Morgan fingerprint density at radius 3 is 2.91 bits per heavy atom. The summed E-state index contributed by atoms with van der Waals surface area (Å²) < 4.78 is 5.75. The van der Waals surface area contributed by atoms with E-state index in [0.29, 0.717) is 10.6 Å². The van der Waals surface area contributed by atoms with Crippen LogP contribution in [-0.2, 0) is 0 Å². The smallest absolute Gasteiger partial charge is 0.380 e. The summed E-state index contributed by atoms with van der Waals surface area (Å²) in [7, 11) is 0. The van der Waals surface area contributed by atoms with Crippen LogP contribution in [0, 0.1) is 11.4 Å². The Labute approximate surface area is 65.8 Å². The number of rotatable bonds is 2. The molecular formula is C8H10NO2. The number of hydrogen-bond acceptors (Lipinski definition) is 2. The molecule has 11 heavy (non-hydrogen) atoms. The molecule has 0 aliphatic rings. The van der Waals surface area contributed by atoms with Gasteiger partial charge >= 0.3 is 5.88 Å². The fraction of sp³-hybridized carbons (Fsp3) is 0.375. The Balaban J connectivity index is 2.78. The molecule has 0 fully saturated rings. The van der Waals surface area contributed by atoms with Gasteiger partial charge < -0.3 is 9.94 Å². The van der Waals surface area contributed by atoms with Gasteiger partial charge in [-0.1, -0.05) is 0 Å². The molecule has 0 aliphatic heterocycles. The Kier molecular flexibility index (Phi) is 2.31. The SMILES string of the molecule is CC(C)Oc1ccc[c][n+]1[O-]. The van der Waals surface area contributed by atoms with Gasteiger partial charge in [0.05, 0.1) is 12.2 Å². The number of hydrogen-bond donors (Lipinski definition) is 0. The van der Waals surface area contributed by atoms with E-state index >= 15 is 0 Å². The Morgan fingerprint density at radius 1 is 1.64 bits per heavy atom. The molecule has 3 heteroatoms. The van der Waals surface area contributed by atoms with E-state index in [1.807, 2.05) is 13.8 Å². The van der Waals surface area contributed by atoms with Gasteiger partial charge in [0, 0.05) is 6.07 Å². The van der Waals surface area contributed by atoms with E-state index in [1.165, 1.54) is 0 Å². The van der Waals surface area contributed by atoms with Crippen molar-refractivity contribution >= 4 is 0 Å². The molecule has 3 nitrogen and oxygen atoms in total. The second-order valence-electron chi connectivity index (χ2n) is 2.45. The molecule has 1 aromatic rings. The van der Waals surface area contributed by atoms with Crippen molar-refractivity contribution in [1.29, 1.82) is 0 Å². The number of ether oxygens (including phenoxy) is 1. The van der Waals surface area contributed by atoms with Crippen LogP contribution in [0.2, 0.25) is 0 Å². The summed E-state index contributed by atoms with van der Waals surface area (Å²) in [6.07, 6.45) is 2.46. The molecule has 1 rings (SSSR count). The standard InChI is InChI=1S/C8H10NO2/c1-7(2)11-8-5-3-4-6-9(8)10/h3-5,7H,1-2H3. The summed E-state index contributed by atoms with van der Waals surface area (Å²) in [6, 6.07) is 4.87. The molecule has 0 aromatic carbocycles. The fourth-order valence-corrected chi connectivity index (χ4v) is 0.701. The molecule has 59 valence electrons. The molecule has 0 saturated heterocycles. The van der Waals surface area contributed by atoms with Crippen LogP contribution in [0.3, 0.4) is 0 Å². The predicted octanol–water partition coefficient (Wildman–Crippen LogP) is 0.907. The largest absolute Gasteiger partial charge is 0.615 e. The van der Waals surface area contributed by atoms with Crippen LogP contribution >= 0.6 is 0 Å². The molecule has 1 aromatic heterocycles. The first-order valence-electron chi connectivity index (χ1n) is 3.47. The molecule has 1 radical (unpaired) electrons. The third-order valence-electron chi connectivity index (χ3n) is 1.08. The zero-order valence-electron chi connectivity index (χ0n) is 6.57. The van der Waals surface area contributed by atoms with E-state index in [0.717, 1.165) is 0 Å². The van der Waals surface area contributed by atoms with Crippen molar-refractivity contribution in [2.45, 2.75) is 20.0 Å². The van der Waals surface area contributed by atoms with Crippen molar-refractivity contribution in [3.8, 4) is 5.88 Å². The number of nitrogens with zero attached hydrogens (tertiary/aromatic N) is 1. The molecule has 1 heterocycles. The first-order valence-corrected chi connectivity index (χ1v) is 3.47. The third-order valence-corrected chi connectivity index (χ3v) is 1.08. The second-order valence-corrected chi connectivity index (χ2v) is 2.45. The molecule has 0 spiro atoms. The van der Waals surface area contributed by atoms with Crippen LogP contribution in [-0.4, -0.2) is 6.10 Å². The molecule has 0 bridgehead atoms. The zero-order valence-corrected chi connectivity index (χ0v) is 6.57. The highest BCUT2D eigenvalue weighted by molar-refractivity contribution is 5.02. The molecule has 0 saturated carbocycles. The fourth-order valence-electron chi connectivity index (χ4n) is 0.701. The molecule has 0 amide bonds. The molecule has 0 N–H and O–H groups in total. The summed E-state index contributed by atoms with van der Waals surface area (Å²) in [4.78, 5) is 0. The zero-order chi connectivity index (χ0) is 8.27. The van der Waals surface area contributed by atoms with E-state index in [9.17, 15) is 5.21 Å². The van der Waals surface area contributed by atoms with Crippen molar-refractivity contribution in [2.24, 2.45) is 0 Å². The highest BCUT2D eigenvalue weighted by Crippen LogP contribution is 2.02. The molecule has 0 unspecified atom stereocenters.